The number of rotatable bonds is 5. The minimum Gasteiger partial charge on any atom is -0.345 e. The van der Waals surface area contributed by atoms with Crippen molar-refractivity contribution in [3.63, 3.8) is 0 Å². The van der Waals surface area contributed by atoms with E-state index in [9.17, 15) is 4.79 Å². The van der Waals surface area contributed by atoms with Crippen molar-refractivity contribution < 1.29 is 4.79 Å². The molecule has 0 aliphatic carbocycles. The Morgan fingerprint density at radius 3 is 2.79 bits per heavy atom. The Bertz CT molecular complexity index is 840. The van der Waals surface area contributed by atoms with Gasteiger partial charge in [-0.15, -0.1) is 5.10 Å². The highest BCUT2D eigenvalue weighted by Gasteiger charge is 2.20. The van der Waals surface area contributed by atoms with Gasteiger partial charge < -0.3 is 5.32 Å². The zero-order valence-corrected chi connectivity index (χ0v) is 14.7. The Labute approximate surface area is 144 Å². The highest BCUT2D eigenvalue weighted by molar-refractivity contribution is 7.08. The van der Waals surface area contributed by atoms with Crippen LogP contribution in [0.5, 0.6) is 0 Å². The maximum Gasteiger partial charge on any atom is 0.265 e. The van der Waals surface area contributed by atoms with Crippen LogP contribution in [0.15, 0.2) is 36.5 Å². The number of nitrogens with zero attached hydrogens (tertiary/aromatic N) is 4. The SMILES string of the molecule is CCc1nnsc1C(=O)N[C@@H](C)c1cnn(-c2ccccc2)c1C. The zero-order chi connectivity index (χ0) is 17.1. The fraction of sp³-hybridized carbons (Fsp3) is 0.294. The molecule has 0 saturated carbocycles. The van der Waals surface area contributed by atoms with E-state index in [-0.39, 0.29) is 11.9 Å². The molecule has 0 saturated heterocycles. The second-order valence-electron chi connectivity index (χ2n) is 5.53. The van der Waals surface area contributed by atoms with Gasteiger partial charge in [-0.3, -0.25) is 4.79 Å². The summed E-state index contributed by atoms with van der Waals surface area (Å²) in [4.78, 5) is 13.0. The van der Waals surface area contributed by atoms with Crippen LogP contribution < -0.4 is 5.32 Å². The number of aryl methyl sites for hydroxylation is 1. The van der Waals surface area contributed by atoms with Gasteiger partial charge in [-0.2, -0.15) is 5.10 Å². The molecule has 6 nitrogen and oxygen atoms in total. The van der Waals surface area contributed by atoms with Gasteiger partial charge in [-0.05, 0) is 43.9 Å². The molecule has 0 spiro atoms. The molecule has 0 bridgehead atoms. The van der Waals surface area contributed by atoms with Gasteiger partial charge in [0.25, 0.3) is 5.91 Å². The standard InChI is InChI=1S/C17H19N5OS/c1-4-15-16(24-21-20-15)17(23)19-11(2)14-10-18-22(12(14)3)13-8-6-5-7-9-13/h5-11H,4H2,1-3H3,(H,19,23)/t11-/m0/s1. The molecular weight excluding hydrogens is 322 g/mol. The van der Waals surface area contributed by atoms with Crippen molar-refractivity contribution in [1.29, 1.82) is 0 Å². The Balaban J connectivity index is 1.80. The normalized spacial score (nSPS) is 12.1. The molecule has 7 heteroatoms. The van der Waals surface area contributed by atoms with Crippen LogP contribution in [0.1, 0.15) is 46.5 Å². The van der Waals surface area contributed by atoms with E-state index in [2.05, 4.69) is 20.0 Å². The first-order valence-electron chi connectivity index (χ1n) is 7.83. The highest BCUT2D eigenvalue weighted by Crippen LogP contribution is 2.21. The monoisotopic (exact) mass is 341 g/mol. The predicted octanol–water partition coefficient (Wildman–Crippen LogP) is 3.09. The van der Waals surface area contributed by atoms with Crippen molar-refractivity contribution in [3.8, 4) is 5.69 Å². The fourth-order valence-electron chi connectivity index (χ4n) is 2.63. The molecule has 3 aromatic rings. The molecule has 3 rings (SSSR count). The quantitative estimate of drug-likeness (QED) is 0.774. The number of benzene rings is 1. The number of aromatic nitrogens is 4. The largest absolute Gasteiger partial charge is 0.345 e. The van der Waals surface area contributed by atoms with E-state index < -0.39 is 0 Å². The summed E-state index contributed by atoms with van der Waals surface area (Å²) in [6, 6.07) is 9.78. The fourth-order valence-corrected chi connectivity index (χ4v) is 3.28. The number of carbonyl (C=O) groups is 1. The molecule has 24 heavy (non-hydrogen) atoms. The van der Waals surface area contributed by atoms with Crippen molar-refractivity contribution >= 4 is 17.4 Å². The molecule has 1 aromatic carbocycles. The molecule has 0 aliphatic heterocycles. The van der Waals surface area contributed by atoms with Crippen LogP contribution in [0, 0.1) is 6.92 Å². The molecular formula is C17H19N5OS. The van der Waals surface area contributed by atoms with Gasteiger partial charge in [-0.1, -0.05) is 29.6 Å². The summed E-state index contributed by atoms with van der Waals surface area (Å²) < 4.78 is 5.75. The minimum absolute atomic E-state index is 0.138. The highest BCUT2D eigenvalue weighted by atomic mass is 32.1. The Morgan fingerprint density at radius 2 is 2.08 bits per heavy atom. The van der Waals surface area contributed by atoms with Crippen LogP contribution in [-0.2, 0) is 6.42 Å². The third-order valence-corrected chi connectivity index (χ3v) is 4.73. The summed E-state index contributed by atoms with van der Waals surface area (Å²) >= 11 is 1.13. The van der Waals surface area contributed by atoms with Crippen LogP contribution in [-0.4, -0.2) is 25.3 Å². The smallest absolute Gasteiger partial charge is 0.265 e. The molecule has 124 valence electrons. The van der Waals surface area contributed by atoms with Crippen LogP contribution in [0.25, 0.3) is 5.69 Å². The Hall–Kier alpha value is -2.54. The van der Waals surface area contributed by atoms with Gasteiger partial charge in [0.15, 0.2) is 0 Å². The molecule has 0 aliphatic rings. The van der Waals surface area contributed by atoms with Crippen molar-refractivity contribution in [2.24, 2.45) is 0 Å². The average molecular weight is 341 g/mol. The lowest BCUT2D eigenvalue weighted by atomic mass is 10.1. The maximum atomic E-state index is 12.4. The molecule has 2 heterocycles. The number of carbonyl (C=O) groups excluding carboxylic acids is 1. The lowest BCUT2D eigenvalue weighted by Crippen LogP contribution is -2.27. The summed E-state index contributed by atoms with van der Waals surface area (Å²) in [6.45, 7) is 5.92. The zero-order valence-electron chi connectivity index (χ0n) is 13.9. The van der Waals surface area contributed by atoms with Crippen molar-refractivity contribution in [2.45, 2.75) is 33.2 Å². The average Bonchev–Trinajstić information content (AvgIpc) is 3.21. The molecule has 0 radical (unpaired) electrons. The number of para-hydroxylation sites is 1. The van der Waals surface area contributed by atoms with Gasteiger partial charge in [0.1, 0.15) is 4.88 Å². The first-order valence-corrected chi connectivity index (χ1v) is 8.61. The van der Waals surface area contributed by atoms with E-state index in [1.54, 1.807) is 6.20 Å². The van der Waals surface area contributed by atoms with Crippen molar-refractivity contribution in [2.75, 3.05) is 0 Å². The number of amides is 1. The number of nitrogens with one attached hydrogen (secondary N) is 1. The van der Waals surface area contributed by atoms with Crippen molar-refractivity contribution in [1.82, 2.24) is 24.7 Å². The van der Waals surface area contributed by atoms with E-state index >= 15 is 0 Å². The topological polar surface area (TPSA) is 72.7 Å². The van der Waals surface area contributed by atoms with Gasteiger partial charge in [0, 0.05) is 11.3 Å². The van der Waals surface area contributed by atoms with Gasteiger partial charge in [0.2, 0.25) is 0 Å². The first kappa shape index (κ1) is 16.3. The summed E-state index contributed by atoms with van der Waals surface area (Å²) in [5.74, 6) is -0.138. The molecule has 2 aromatic heterocycles. The minimum atomic E-state index is -0.151. The predicted molar refractivity (Wildman–Crippen MR) is 93.5 cm³/mol. The molecule has 1 N–H and O–H groups in total. The van der Waals surface area contributed by atoms with E-state index in [4.69, 9.17) is 0 Å². The summed E-state index contributed by atoms with van der Waals surface area (Å²) in [5, 5.41) is 11.5. The second kappa shape index (κ2) is 6.92. The second-order valence-corrected chi connectivity index (χ2v) is 6.28. The van der Waals surface area contributed by atoms with E-state index in [1.807, 2.05) is 55.8 Å². The number of hydrogen-bond acceptors (Lipinski definition) is 5. The van der Waals surface area contributed by atoms with Crippen LogP contribution in [0.3, 0.4) is 0 Å². The molecule has 0 fully saturated rings. The van der Waals surface area contributed by atoms with Crippen molar-refractivity contribution in [3.05, 3.63) is 58.4 Å². The lowest BCUT2D eigenvalue weighted by Gasteiger charge is -2.13. The van der Waals surface area contributed by atoms with E-state index in [0.717, 1.165) is 34.2 Å². The third-order valence-electron chi connectivity index (χ3n) is 3.96. The molecule has 1 amide bonds. The first-order chi connectivity index (χ1) is 11.6. The maximum absolute atomic E-state index is 12.4. The summed E-state index contributed by atoms with van der Waals surface area (Å²) in [6.07, 6.45) is 2.50. The molecule has 0 unspecified atom stereocenters. The lowest BCUT2D eigenvalue weighted by molar-refractivity contribution is 0.0943. The van der Waals surface area contributed by atoms with Crippen LogP contribution in [0.2, 0.25) is 0 Å². The summed E-state index contributed by atoms with van der Waals surface area (Å²) in [7, 11) is 0. The molecule has 1 atom stereocenters. The van der Waals surface area contributed by atoms with E-state index in [0.29, 0.717) is 11.3 Å². The van der Waals surface area contributed by atoms with Gasteiger partial charge in [-0.25, -0.2) is 4.68 Å². The number of hydrogen-bond donors (Lipinski definition) is 1. The van der Waals surface area contributed by atoms with Crippen LogP contribution >= 0.6 is 11.5 Å². The van der Waals surface area contributed by atoms with Crippen LogP contribution in [0.4, 0.5) is 0 Å². The van der Waals surface area contributed by atoms with Gasteiger partial charge >= 0.3 is 0 Å². The Kier molecular flexibility index (Phi) is 4.71. The summed E-state index contributed by atoms with van der Waals surface area (Å²) in [5.41, 5.74) is 3.73. The Morgan fingerprint density at radius 1 is 1.33 bits per heavy atom. The van der Waals surface area contributed by atoms with E-state index in [1.165, 1.54) is 0 Å². The van der Waals surface area contributed by atoms with Gasteiger partial charge in [0.05, 0.1) is 23.6 Å². The third kappa shape index (κ3) is 3.07.